The zero-order valence-corrected chi connectivity index (χ0v) is 3.07. The molecular weight excluding hydrogens is 64.0 g/mol. The Balaban J connectivity index is 2.85. The molecule has 0 heterocycles. The lowest BCUT2D eigenvalue weighted by molar-refractivity contribution is 0.335. The molecule has 1 nitrogen and oxygen atoms in total. The molecule has 0 saturated heterocycles. The molecule has 1 heteroatoms. The van der Waals surface area contributed by atoms with Crippen LogP contribution in [0.5, 0.6) is 0 Å². The van der Waals surface area contributed by atoms with Gasteiger partial charge >= 0.3 is 0 Å². The van der Waals surface area contributed by atoms with Gasteiger partial charge in [-0.25, -0.2) is 0 Å². The first-order valence-electron chi connectivity index (χ1n) is 1.38. The normalized spacial score (nSPS) is 7.60. The summed E-state index contributed by atoms with van der Waals surface area (Å²) in [6.45, 7) is 6.62. The number of hydrogen-bond acceptors (Lipinski definition) is 1. The van der Waals surface area contributed by atoms with Crippen LogP contribution in [-0.2, 0) is 0 Å². The number of rotatable bonds is 1. The first kappa shape index (κ1) is 4.70. The van der Waals surface area contributed by atoms with Crippen molar-refractivity contribution in [3.63, 3.8) is 0 Å². The van der Waals surface area contributed by atoms with Gasteiger partial charge in [-0.2, -0.15) is 0 Å². The van der Waals surface area contributed by atoms with E-state index < -0.39 is 0 Å². The second-order valence-electron chi connectivity index (χ2n) is 0.908. The average Bonchev–Trinajstić information content (AvgIpc) is 1.38. The van der Waals surface area contributed by atoms with Crippen molar-refractivity contribution in [2.24, 2.45) is 0 Å². The van der Waals surface area contributed by atoms with Crippen molar-refractivity contribution >= 4 is 0 Å². The van der Waals surface area contributed by atoms with E-state index in [0.717, 1.165) is 0 Å². The monoisotopic (exact) mass is 71.0 g/mol. The fourth-order valence-corrected chi connectivity index (χ4v) is 0. The van der Waals surface area contributed by atoms with Crippen molar-refractivity contribution in [1.82, 2.24) is 0 Å². The Bertz CT molecular complexity index is 38.9. The second-order valence-corrected chi connectivity index (χ2v) is 0.908. The lowest BCUT2D eigenvalue weighted by Gasteiger charge is -1.79. The van der Waals surface area contributed by atoms with Crippen LogP contribution >= 0.6 is 0 Å². The van der Waals surface area contributed by atoms with Crippen LogP contribution in [-0.4, -0.2) is 11.7 Å². The molecule has 5 heavy (non-hydrogen) atoms. The van der Waals surface area contributed by atoms with Crippen molar-refractivity contribution in [2.45, 2.75) is 0 Å². The van der Waals surface area contributed by atoms with Gasteiger partial charge in [0, 0.05) is 0 Å². The molecule has 0 aromatic carbocycles. The van der Waals surface area contributed by atoms with Crippen LogP contribution in [0.3, 0.4) is 0 Å². The van der Waals surface area contributed by atoms with Gasteiger partial charge in [-0.05, 0) is 6.92 Å². The molecule has 0 fully saturated rings. The summed E-state index contributed by atoms with van der Waals surface area (Å²) in [5, 5.41) is 7.98. The SMILES string of the molecule is [CH2]C(=C)CO. The minimum atomic E-state index is 0. The van der Waals surface area contributed by atoms with Crippen molar-refractivity contribution in [3.05, 3.63) is 19.1 Å². The summed E-state index contributed by atoms with van der Waals surface area (Å²) in [4.78, 5) is 0. The molecule has 0 spiro atoms. The average molecular weight is 71.1 g/mol. The molecule has 0 aliphatic carbocycles. The van der Waals surface area contributed by atoms with Crippen LogP contribution in [0.15, 0.2) is 12.2 Å². The molecule has 0 saturated carbocycles. The van der Waals surface area contributed by atoms with Crippen molar-refractivity contribution < 1.29 is 5.11 Å². The van der Waals surface area contributed by atoms with Crippen molar-refractivity contribution in [1.29, 1.82) is 0 Å². The topological polar surface area (TPSA) is 20.2 Å². The summed E-state index contributed by atoms with van der Waals surface area (Å²) in [5.74, 6) is 0. The maximum Gasteiger partial charge on any atom is 0.0639 e. The van der Waals surface area contributed by atoms with E-state index >= 15 is 0 Å². The van der Waals surface area contributed by atoms with Gasteiger partial charge in [-0.15, -0.1) is 0 Å². The Morgan fingerprint density at radius 2 is 2.00 bits per heavy atom. The molecule has 0 aromatic heterocycles. The van der Waals surface area contributed by atoms with E-state index in [1.165, 1.54) is 0 Å². The van der Waals surface area contributed by atoms with E-state index in [2.05, 4.69) is 13.5 Å². The van der Waals surface area contributed by atoms with Gasteiger partial charge in [0.2, 0.25) is 0 Å². The van der Waals surface area contributed by atoms with E-state index in [-0.39, 0.29) is 6.61 Å². The molecule has 0 aromatic rings. The van der Waals surface area contributed by atoms with E-state index in [1.807, 2.05) is 0 Å². The molecule has 0 rings (SSSR count). The molecule has 0 aliphatic heterocycles. The van der Waals surface area contributed by atoms with Gasteiger partial charge in [0.25, 0.3) is 0 Å². The second kappa shape index (κ2) is 1.97. The van der Waals surface area contributed by atoms with Crippen molar-refractivity contribution in [3.8, 4) is 0 Å². The largest absolute Gasteiger partial charge is 0.392 e. The number of hydrogen-bond donors (Lipinski definition) is 1. The number of aliphatic hydroxyl groups is 1. The Morgan fingerprint density at radius 3 is 2.00 bits per heavy atom. The first-order valence-corrected chi connectivity index (χ1v) is 1.38. The summed E-state index contributed by atoms with van der Waals surface area (Å²) in [6, 6.07) is 0. The Kier molecular flexibility index (Phi) is 1.85. The Labute approximate surface area is 31.9 Å². The Morgan fingerprint density at radius 1 is 1.80 bits per heavy atom. The zero-order chi connectivity index (χ0) is 4.28. The molecule has 0 amide bonds. The van der Waals surface area contributed by atoms with Crippen LogP contribution in [0.25, 0.3) is 0 Å². The summed E-state index contributed by atoms with van der Waals surface area (Å²) in [6.07, 6.45) is 0. The zero-order valence-electron chi connectivity index (χ0n) is 3.07. The third kappa shape index (κ3) is 3.70. The van der Waals surface area contributed by atoms with E-state index in [0.29, 0.717) is 5.57 Å². The quantitative estimate of drug-likeness (QED) is 0.473. The molecular formula is C4H7O. The van der Waals surface area contributed by atoms with Crippen LogP contribution in [0, 0.1) is 6.92 Å². The number of aliphatic hydroxyl groups excluding tert-OH is 1. The fourth-order valence-electron chi connectivity index (χ4n) is 0. The van der Waals surface area contributed by atoms with Crippen LogP contribution < -0.4 is 0 Å². The third-order valence-corrected chi connectivity index (χ3v) is 0.224. The maximum absolute atomic E-state index is 7.98. The van der Waals surface area contributed by atoms with Gasteiger partial charge in [0.1, 0.15) is 0 Å². The van der Waals surface area contributed by atoms with Gasteiger partial charge in [-0.1, -0.05) is 12.2 Å². The highest BCUT2D eigenvalue weighted by Crippen LogP contribution is 1.75. The van der Waals surface area contributed by atoms with E-state index in [4.69, 9.17) is 5.11 Å². The maximum atomic E-state index is 7.98. The highest BCUT2D eigenvalue weighted by Gasteiger charge is 1.69. The van der Waals surface area contributed by atoms with Crippen molar-refractivity contribution in [2.75, 3.05) is 6.61 Å². The minimum absolute atomic E-state index is 0. The third-order valence-electron chi connectivity index (χ3n) is 0.224. The van der Waals surface area contributed by atoms with Crippen LogP contribution in [0.2, 0.25) is 0 Å². The van der Waals surface area contributed by atoms with Gasteiger partial charge in [0.05, 0.1) is 6.61 Å². The van der Waals surface area contributed by atoms with Crippen LogP contribution in [0.4, 0.5) is 0 Å². The molecule has 0 unspecified atom stereocenters. The predicted octanol–water partition coefficient (Wildman–Crippen LogP) is 0.369. The molecule has 0 bridgehead atoms. The summed E-state index contributed by atoms with van der Waals surface area (Å²) in [7, 11) is 0. The van der Waals surface area contributed by atoms with Gasteiger partial charge in [-0.3, -0.25) is 0 Å². The smallest absolute Gasteiger partial charge is 0.0639 e. The Hall–Kier alpha value is -0.300. The fraction of sp³-hybridized carbons (Fsp3) is 0.250. The highest BCUT2D eigenvalue weighted by molar-refractivity contribution is 4.96. The van der Waals surface area contributed by atoms with Gasteiger partial charge < -0.3 is 5.11 Å². The predicted molar refractivity (Wildman–Crippen MR) is 21.6 cm³/mol. The van der Waals surface area contributed by atoms with Crippen LogP contribution in [0.1, 0.15) is 0 Å². The lowest BCUT2D eigenvalue weighted by Crippen LogP contribution is -1.77. The summed E-state index contributed by atoms with van der Waals surface area (Å²) >= 11 is 0. The summed E-state index contributed by atoms with van der Waals surface area (Å²) < 4.78 is 0. The summed E-state index contributed by atoms with van der Waals surface area (Å²) in [5.41, 5.74) is 0.560. The first-order chi connectivity index (χ1) is 2.27. The molecule has 1 N–H and O–H groups in total. The minimum Gasteiger partial charge on any atom is -0.392 e. The molecule has 1 radical (unpaired) electrons. The van der Waals surface area contributed by atoms with Gasteiger partial charge in [0.15, 0.2) is 0 Å². The van der Waals surface area contributed by atoms with E-state index in [1.54, 1.807) is 0 Å². The molecule has 29 valence electrons. The lowest BCUT2D eigenvalue weighted by atomic mass is 10.4. The van der Waals surface area contributed by atoms with E-state index in [9.17, 15) is 0 Å². The highest BCUT2D eigenvalue weighted by atomic mass is 16.3. The molecule has 0 aliphatic rings. The standard InChI is InChI=1S/C4H7O/c1-4(2)3-5/h5H,1-3H2. The molecule has 0 atom stereocenters.